The molecular formula is C11H21N3OS. The van der Waals surface area contributed by atoms with Crippen LogP contribution in [0.15, 0.2) is 0 Å². The zero-order valence-corrected chi connectivity index (χ0v) is 10.8. The van der Waals surface area contributed by atoms with Crippen LogP contribution in [0, 0.1) is 0 Å². The van der Waals surface area contributed by atoms with Crippen molar-refractivity contribution in [2.45, 2.75) is 45.2 Å². The van der Waals surface area contributed by atoms with E-state index >= 15 is 0 Å². The average molecular weight is 243 g/mol. The fourth-order valence-corrected chi connectivity index (χ4v) is 2.45. The summed E-state index contributed by atoms with van der Waals surface area (Å²) in [6, 6.07) is -0.0619. The molecule has 0 spiro atoms. The Morgan fingerprint density at radius 2 is 2.31 bits per heavy atom. The smallest absolute Gasteiger partial charge is 0.237 e. The van der Waals surface area contributed by atoms with Gasteiger partial charge in [0.05, 0.1) is 17.1 Å². The van der Waals surface area contributed by atoms with E-state index in [1.165, 1.54) is 0 Å². The third-order valence-corrected chi connectivity index (χ3v) is 3.37. The lowest BCUT2D eigenvalue weighted by atomic mass is 10.00. The van der Waals surface area contributed by atoms with Gasteiger partial charge in [0.1, 0.15) is 0 Å². The van der Waals surface area contributed by atoms with Gasteiger partial charge >= 0.3 is 0 Å². The quantitative estimate of drug-likeness (QED) is 0.712. The summed E-state index contributed by atoms with van der Waals surface area (Å²) in [4.78, 5) is 14.4. The van der Waals surface area contributed by atoms with Crippen molar-refractivity contribution in [1.29, 1.82) is 0 Å². The molecule has 0 aromatic carbocycles. The number of likely N-dealkylation sites (N-methyl/N-ethyl adjacent to an activating group) is 1. The highest BCUT2D eigenvalue weighted by molar-refractivity contribution is 7.80. The van der Waals surface area contributed by atoms with Crippen LogP contribution in [0.2, 0.25) is 0 Å². The monoisotopic (exact) mass is 243 g/mol. The van der Waals surface area contributed by atoms with E-state index < -0.39 is 0 Å². The Morgan fingerprint density at radius 3 is 2.88 bits per heavy atom. The minimum absolute atomic E-state index is 0.0608. The molecule has 1 fully saturated rings. The molecule has 5 heteroatoms. The topological polar surface area (TPSA) is 58.4 Å². The zero-order valence-electron chi connectivity index (χ0n) is 10.0. The van der Waals surface area contributed by atoms with Crippen LogP contribution in [0.1, 0.15) is 33.1 Å². The van der Waals surface area contributed by atoms with Gasteiger partial charge in [0.2, 0.25) is 5.91 Å². The van der Waals surface area contributed by atoms with Crippen molar-refractivity contribution in [2.24, 2.45) is 5.73 Å². The first-order valence-electron chi connectivity index (χ1n) is 5.90. The molecule has 0 aliphatic carbocycles. The van der Waals surface area contributed by atoms with Gasteiger partial charge in [-0.2, -0.15) is 0 Å². The van der Waals surface area contributed by atoms with E-state index in [1.54, 1.807) is 0 Å². The Morgan fingerprint density at radius 1 is 1.62 bits per heavy atom. The number of piperidine rings is 1. The van der Waals surface area contributed by atoms with E-state index in [1.807, 2.05) is 13.8 Å². The molecule has 2 unspecified atom stereocenters. The maximum Gasteiger partial charge on any atom is 0.237 e. The van der Waals surface area contributed by atoms with Gasteiger partial charge in [-0.3, -0.25) is 9.69 Å². The van der Waals surface area contributed by atoms with E-state index in [-0.39, 0.29) is 18.0 Å². The molecule has 2 atom stereocenters. The molecule has 16 heavy (non-hydrogen) atoms. The van der Waals surface area contributed by atoms with Crippen molar-refractivity contribution >= 4 is 23.1 Å². The highest BCUT2D eigenvalue weighted by atomic mass is 32.1. The van der Waals surface area contributed by atoms with Crippen LogP contribution in [0.5, 0.6) is 0 Å². The lowest BCUT2D eigenvalue weighted by Crippen LogP contribution is -2.55. The lowest BCUT2D eigenvalue weighted by molar-refractivity contribution is -0.126. The van der Waals surface area contributed by atoms with Crippen LogP contribution in [0.4, 0.5) is 0 Å². The zero-order chi connectivity index (χ0) is 12.1. The van der Waals surface area contributed by atoms with Gasteiger partial charge in [-0.1, -0.05) is 18.6 Å². The first-order chi connectivity index (χ1) is 7.57. The summed E-state index contributed by atoms with van der Waals surface area (Å²) in [5, 5.41) is 2.84. The van der Waals surface area contributed by atoms with Crippen molar-refractivity contribution in [3.05, 3.63) is 0 Å². The number of carbonyl (C=O) groups is 1. The molecule has 3 N–H and O–H groups in total. The Balaban J connectivity index is 2.67. The summed E-state index contributed by atoms with van der Waals surface area (Å²) < 4.78 is 0. The van der Waals surface area contributed by atoms with Gasteiger partial charge in [0.25, 0.3) is 0 Å². The fraction of sp³-hybridized carbons (Fsp3) is 0.818. The Bertz CT molecular complexity index is 270. The van der Waals surface area contributed by atoms with Gasteiger partial charge in [0.15, 0.2) is 0 Å². The van der Waals surface area contributed by atoms with Crippen molar-refractivity contribution in [2.75, 3.05) is 13.1 Å². The summed E-state index contributed by atoms with van der Waals surface area (Å²) in [6.45, 7) is 5.41. The van der Waals surface area contributed by atoms with Crippen molar-refractivity contribution < 1.29 is 4.79 Å². The largest absolute Gasteiger partial charge is 0.392 e. The second kappa shape index (κ2) is 6.15. The highest BCUT2D eigenvalue weighted by Gasteiger charge is 2.31. The van der Waals surface area contributed by atoms with Gasteiger partial charge in [0, 0.05) is 6.54 Å². The summed E-state index contributed by atoms with van der Waals surface area (Å²) >= 11 is 5.07. The molecule has 1 heterocycles. The minimum Gasteiger partial charge on any atom is -0.392 e. The van der Waals surface area contributed by atoms with Crippen LogP contribution >= 0.6 is 12.2 Å². The molecule has 1 aliphatic heterocycles. The third kappa shape index (κ3) is 3.15. The maximum atomic E-state index is 11.8. The van der Waals surface area contributed by atoms with Crippen molar-refractivity contribution in [3.63, 3.8) is 0 Å². The highest BCUT2D eigenvalue weighted by Crippen LogP contribution is 2.19. The standard InChI is InChI=1S/C11H21N3OS/c1-3-13-11(15)8(2)14-7-5-4-6-9(14)10(12)16/h8-9H,3-7H2,1-2H3,(H2,12,16)(H,13,15). The molecule has 1 rings (SSSR count). The molecule has 0 aromatic rings. The van der Waals surface area contributed by atoms with Crippen molar-refractivity contribution in [1.82, 2.24) is 10.2 Å². The molecular weight excluding hydrogens is 222 g/mol. The van der Waals surface area contributed by atoms with Crippen LogP contribution in [-0.2, 0) is 4.79 Å². The number of hydrogen-bond acceptors (Lipinski definition) is 3. The first kappa shape index (κ1) is 13.4. The maximum absolute atomic E-state index is 11.8. The first-order valence-corrected chi connectivity index (χ1v) is 6.31. The van der Waals surface area contributed by atoms with Gasteiger partial charge in [-0.25, -0.2) is 0 Å². The third-order valence-electron chi connectivity index (χ3n) is 3.10. The number of carbonyl (C=O) groups excluding carboxylic acids is 1. The number of likely N-dealkylation sites (tertiary alicyclic amines) is 1. The summed E-state index contributed by atoms with van der Waals surface area (Å²) in [7, 11) is 0. The SMILES string of the molecule is CCNC(=O)C(C)N1CCCCC1C(N)=S. The molecule has 0 radical (unpaired) electrons. The number of rotatable bonds is 4. The van der Waals surface area contributed by atoms with E-state index in [4.69, 9.17) is 18.0 Å². The number of nitrogens with two attached hydrogens (primary N) is 1. The van der Waals surface area contributed by atoms with E-state index in [0.29, 0.717) is 11.5 Å². The summed E-state index contributed by atoms with van der Waals surface area (Å²) in [6.07, 6.45) is 3.22. The molecule has 1 aliphatic rings. The van der Waals surface area contributed by atoms with Crippen LogP contribution < -0.4 is 11.1 Å². The van der Waals surface area contributed by atoms with Crippen molar-refractivity contribution in [3.8, 4) is 0 Å². The predicted molar refractivity (Wildman–Crippen MR) is 69.3 cm³/mol. The molecule has 1 saturated heterocycles. The Hall–Kier alpha value is -0.680. The molecule has 0 aromatic heterocycles. The second-order valence-electron chi connectivity index (χ2n) is 4.22. The van der Waals surface area contributed by atoms with E-state index in [9.17, 15) is 4.79 Å². The number of thiocarbonyl (C=S) groups is 1. The van der Waals surface area contributed by atoms with Crippen LogP contribution in [0.3, 0.4) is 0 Å². The number of nitrogens with one attached hydrogen (secondary N) is 1. The minimum atomic E-state index is -0.147. The summed E-state index contributed by atoms with van der Waals surface area (Å²) in [5.41, 5.74) is 5.73. The Labute approximate surface area is 103 Å². The number of amides is 1. The van der Waals surface area contributed by atoms with E-state index in [0.717, 1.165) is 25.8 Å². The molecule has 4 nitrogen and oxygen atoms in total. The predicted octanol–water partition coefficient (Wildman–Crippen LogP) is 0.652. The summed E-state index contributed by atoms with van der Waals surface area (Å²) in [5.74, 6) is 0.0608. The fourth-order valence-electron chi connectivity index (χ4n) is 2.20. The average Bonchev–Trinajstić information content (AvgIpc) is 2.28. The normalized spacial score (nSPS) is 23.8. The van der Waals surface area contributed by atoms with Gasteiger partial charge < -0.3 is 11.1 Å². The second-order valence-corrected chi connectivity index (χ2v) is 4.69. The molecule has 0 saturated carbocycles. The van der Waals surface area contributed by atoms with Crippen LogP contribution in [-0.4, -0.2) is 41.0 Å². The molecule has 92 valence electrons. The Kier molecular flexibility index (Phi) is 5.15. The number of hydrogen-bond donors (Lipinski definition) is 2. The molecule has 0 bridgehead atoms. The van der Waals surface area contributed by atoms with Crippen LogP contribution in [0.25, 0.3) is 0 Å². The van der Waals surface area contributed by atoms with Gasteiger partial charge in [-0.15, -0.1) is 0 Å². The van der Waals surface area contributed by atoms with Gasteiger partial charge in [-0.05, 0) is 33.2 Å². The lowest BCUT2D eigenvalue weighted by Gasteiger charge is -2.38. The van der Waals surface area contributed by atoms with E-state index in [2.05, 4.69) is 10.2 Å². The number of nitrogens with zero attached hydrogens (tertiary/aromatic N) is 1. The molecule has 1 amide bonds.